The molecule has 0 aliphatic carbocycles. The van der Waals surface area contributed by atoms with Crippen molar-refractivity contribution in [2.75, 3.05) is 11.4 Å². The molecule has 7 heteroatoms. The van der Waals surface area contributed by atoms with Crippen LogP contribution in [0.15, 0.2) is 18.2 Å². The molecular weight excluding hydrogens is 319 g/mol. The Kier molecular flexibility index (Phi) is 3.95. The number of hydrogen-bond acceptors (Lipinski definition) is 3. The molecule has 0 bridgehead atoms. The molecule has 0 saturated heterocycles. The number of rotatable bonds is 2. The molecule has 0 amide bonds. The Morgan fingerprint density at radius 2 is 1.90 bits per heavy atom. The first-order chi connectivity index (χ1) is 10.1. The Bertz CT molecular complexity index is 694. The van der Waals surface area contributed by atoms with Gasteiger partial charge in [0.25, 0.3) is 0 Å². The van der Waals surface area contributed by atoms with Crippen molar-refractivity contribution in [3.05, 3.63) is 51.3 Å². The number of halogens is 4. The predicted molar refractivity (Wildman–Crippen MR) is 77.8 cm³/mol. The van der Waals surface area contributed by atoms with Crippen molar-refractivity contribution in [2.45, 2.75) is 19.4 Å². The highest BCUT2D eigenvalue weighted by Crippen LogP contribution is 2.31. The van der Waals surface area contributed by atoms with Crippen molar-refractivity contribution in [1.29, 1.82) is 0 Å². The summed E-state index contributed by atoms with van der Waals surface area (Å²) < 4.78 is 27.4. The third-order valence-electron chi connectivity index (χ3n) is 3.49. The van der Waals surface area contributed by atoms with Crippen LogP contribution in [0.4, 0.5) is 14.5 Å². The Labute approximate surface area is 130 Å². The average Bonchev–Trinajstić information content (AvgIpc) is 2.48. The third-order valence-corrected chi connectivity index (χ3v) is 4.08. The topological polar surface area (TPSA) is 29.0 Å². The van der Waals surface area contributed by atoms with Crippen LogP contribution in [0.2, 0.25) is 10.2 Å². The second kappa shape index (κ2) is 5.73. The van der Waals surface area contributed by atoms with Crippen molar-refractivity contribution >= 4 is 28.9 Å². The summed E-state index contributed by atoms with van der Waals surface area (Å²) in [5.41, 5.74) is 1.73. The zero-order valence-corrected chi connectivity index (χ0v) is 12.4. The summed E-state index contributed by atoms with van der Waals surface area (Å²) in [7, 11) is 0. The fourth-order valence-electron chi connectivity index (χ4n) is 2.46. The zero-order valence-electron chi connectivity index (χ0n) is 10.9. The lowest BCUT2D eigenvalue weighted by Gasteiger charge is -2.30. The van der Waals surface area contributed by atoms with Crippen LogP contribution in [0.5, 0.6) is 0 Å². The molecule has 0 saturated carbocycles. The third kappa shape index (κ3) is 2.80. The fraction of sp³-hybridized carbons (Fsp3) is 0.286. The SMILES string of the molecule is Fc1ccc(F)c(CN2CCCc3nnc(Cl)cc32)c1Cl. The first kappa shape index (κ1) is 14.5. The molecule has 1 aromatic carbocycles. The largest absolute Gasteiger partial charge is 0.365 e. The van der Waals surface area contributed by atoms with Gasteiger partial charge in [0.2, 0.25) is 0 Å². The van der Waals surface area contributed by atoms with E-state index in [1.165, 1.54) is 0 Å². The van der Waals surface area contributed by atoms with Gasteiger partial charge in [0, 0.05) is 24.7 Å². The van der Waals surface area contributed by atoms with E-state index in [1.54, 1.807) is 6.07 Å². The molecule has 3 rings (SSSR count). The zero-order chi connectivity index (χ0) is 15.0. The van der Waals surface area contributed by atoms with Gasteiger partial charge < -0.3 is 4.90 Å². The Hall–Kier alpha value is -1.46. The standard InChI is InChI=1S/C14H11Cl2F2N3/c15-13-6-12-11(19-20-13)2-1-5-21(12)7-8-9(17)3-4-10(18)14(8)16/h3-4,6H,1-2,5,7H2. The normalized spacial score (nSPS) is 14.2. The minimum absolute atomic E-state index is 0.137. The van der Waals surface area contributed by atoms with E-state index in [0.29, 0.717) is 6.54 Å². The quantitative estimate of drug-likeness (QED) is 0.779. The van der Waals surface area contributed by atoms with E-state index >= 15 is 0 Å². The monoisotopic (exact) mass is 329 g/mol. The van der Waals surface area contributed by atoms with Crippen LogP contribution in [0.25, 0.3) is 0 Å². The van der Waals surface area contributed by atoms with E-state index in [4.69, 9.17) is 23.2 Å². The van der Waals surface area contributed by atoms with Gasteiger partial charge in [-0.05, 0) is 25.0 Å². The van der Waals surface area contributed by atoms with Gasteiger partial charge in [-0.3, -0.25) is 0 Å². The summed E-state index contributed by atoms with van der Waals surface area (Å²) in [5.74, 6) is -1.15. The van der Waals surface area contributed by atoms with Crippen LogP contribution in [-0.2, 0) is 13.0 Å². The van der Waals surface area contributed by atoms with Crippen LogP contribution < -0.4 is 4.90 Å². The van der Waals surface area contributed by atoms with Crippen LogP contribution in [0, 0.1) is 11.6 Å². The molecule has 1 aromatic heterocycles. The van der Waals surface area contributed by atoms with Crippen molar-refractivity contribution in [1.82, 2.24) is 10.2 Å². The second-order valence-corrected chi connectivity index (χ2v) is 5.61. The van der Waals surface area contributed by atoms with Gasteiger partial charge in [0.05, 0.1) is 16.4 Å². The van der Waals surface area contributed by atoms with E-state index in [0.717, 1.165) is 36.4 Å². The number of fused-ring (bicyclic) bond motifs is 1. The maximum absolute atomic E-state index is 13.9. The van der Waals surface area contributed by atoms with E-state index in [-0.39, 0.29) is 22.3 Å². The minimum atomic E-state index is -0.629. The molecule has 0 fully saturated rings. The van der Waals surface area contributed by atoms with Crippen molar-refractivity contribution in [3.8, 4) is 0 Å². The molecule has 21 heavy (non-hydrogen) atoms. The van der Waals surface area contributed by atoms with Crippen LogP contribution in [0.1, 0.15) is 17.7 Å². The number of nitrogens with zero attached hydrogens (tertiary/aromatic N) is 3. The minimum Gasteiger partial charge on any atom is -0.365 e. The highest BCUT2D eigenvalue weighted by atomic mass is 35.5. The maximum Gasteiger partial charge on any atom is 0.153 e. The lowest BCUT2D eigenvalue weighted by atomic mass is 10.1. The van der Waals surface area contributed by atoms with Gasteiger partial charge in [-0.2, -0.15) is 5.10 Å². The molecule has 3 nitrogen and oxygen atoms in total. The van der Waals surface area contributed by atoms with Gasteiger partial charge in [-0.1, -0.05) is 23.2 Å². The first-order valence-corrected chi connectivity index (χ1v) is 7.21. The summed E-state index contributed by atoms with van der Waals surface area (Å²) in [6.45, 7) is 0.860. The van der Waals surface area contributed by atoms with E-state index in [1.807, 2.05) is 4.90 Å². The molecule has 1 aliphatic heterocycles. The van der Waals surface area contributed by atoms with Crippen LogP contribution in [-0.4, -0.2) is 16.7 Å². The van der Waals surface area contributed by atoms with Crippen molar-refractivity contribution < 1.29 is 8.78 Å². The van der Waals surface area contributed by atoms with E-state index in [9.17, 15) is 8.78 Å². The lowest BCUT2D eigenvalue weighted by molar-refractivity contribution is 0.575. The highest BCUT2D eigenvalue weighted by molar-refractivity contribution is 6.31. The van der Waals surface area contributed by atoms with Gasteiger partial charge in [-0.25, -0.2) is 8.78 Å². The van der Waals surface area contributed by atoms with Gasteiger partial charge in [0.15, 0.2) is 5.15 Å². The predicted octanol–water partition coefficient (Wildman–Crippen LogP) is 4.01. The number of aromatic nitrogens is 2. The van der Waals surface area contributed by atoms with Crippen LogP contribution >= 0.6 is 23.2 Å². The molecule has 2 aromatic rings. The lowest BCUT2D eigenvalue weighted by Crippen LogP contribution is -2.30. The fourth-order valence-corrected chi connectivity index (χ4v) is 2.82. The Morgan fingerprint density at radius 3 is 2.71 bits per heavy atom. The average molecular weight is 330 g/mol. The molecule has 1 aliphatic rings. The molecular formula is C14H11Cl2F2N3. The highest BCUT2D eigenvalue weighted by Gasteiger charge is 2.22. The second-order valence-electron chi connectivity index (χ2n) is 4.85. The summed E-state index contributed by atoms with van der Waals surface area (Å²) in [5, 5.41) is 7.95. The van der Waals surface area contributed by atoms with E-state index in [2.05, 4.69) is 10.2 Å². The van der Waals surface area contributed by atoms with Gasteiger partial charge in [0.1, 0.15) is 11.6 Å². The van der Waals surface area contributed by atoms with Crippen molar-refractivity contribution in [2.24, 2.45) is 0 Å². The van der Waals surface area contributed by atoms with Gasteiger partial charge in [-0.15, -0.1) is 5.10 Å². The molecule has 110 valence electrons. The number of anilines is 1. The first-order valence-electron chi connectivity index (χ1n) is 6.45. The number of aryl methyl sites for hydroxylation is 1. The molecule has 0 N–H and O–H groups in total. The Morgan fingerprint density at radius 1 is 1.14 bits per heavy atom. The summed E-state index contributed by atoms with van der Waals surface area (Å²) in [6.07, 6.45) is 1.65. The van der Waals surface area contributed by atoms with E-state index < -0.39 is 11.6 Å². The van der Waals surface area contributed by atoms with Gasteiger partial charge >= 0.3 is 0 Å². The maximum atomic E-state index is 13.9. The Balaban J connectivity index is 1.98. The smallest absolute Gasteiger partial charge is 0.153 e. The molecule has 0 atom stereocenters. The summed E-state index contributed by atoms with van der Waals surface area (Å²) in [4.78, 5) is 1.89. The van der Waals surface area contributed by atoms with Crippen LogP contribution in [0.3, 0.4) is 0 Å². The molecule has 0 unspecified atom stereocenters. The molecule has 0 radical (unpaired) electrons. The molecule has 2 heterocycles. The summed E-state index contributed by atoms with van der Waals surface area (Å²) >= 11 is 11.8. The number of hydrogen-bond donors (Lipinski definition) is 0. The number of benzene rings is 1. The summed E-state index contributed by atoms with van der Waals surface area (Å²) in [6, 6.07) is 3.79. The van der Waals surface area contributed by atoms with Crippen molar-refractivity contribution in [3.63, 3.8) is 0 Å². The molecule has 0 spiro atoms.